The molecule has 0 aliphatic heterocycles. The minimum absolute atomic E-state index is 0.0712. The molecule has 0 amide bonds. The molecular weight excluding hydrogens is 292 g/mol. The molecule has 0 aromatic heterocycles. The molecule has 0 atom stereocenters. The standard InChI is InChI=1S/C19H36O4/c1-17(2)13-9-7-8-12-16-23-19(22)15-11-6-4-3-5-10-14-18(20)21/h17H,3-16H2,1-2H3,(H,20,21). The van der Waals surface area contributed by atoms with Crippen LogP contribution < -0.4 is 0 Å². The molecule has 0 aromatic carbocycles. The number of carbonyl (C=O) groups is 2. The van der Waals surface area contributed by atoms with Gasteiger partial charge in [-0.15, -0.1) is 0 Å². The normalized spacial score (nSPS) is 10.9. The molecule has 0 aliphatic carbocycles. The Kier molecular flexibility index (Phi) is 15.1. The van der Waals surface area contributed by atoms with Gasteiger partial charge < -0.3 is 9.84 Å². The molecule has 0 bridgehead atoms. The number of carboxylic acid groups (broad SMARTS) is 1. The van der Waals surface area contributed by atoms with Gasteiger partial charge in [-0.1, -0.05) is 65.2 Å². The van der Waals surface area contributed by atoms with Gasteiger partial charge in [-0.25, -0.2) is 0 Å². The van der Waals surface area contributed by atoms with E-state index in [0.29, 0.717) is 13.0 Å². The highest BCUT2D eigenvalue weighted by atomic mass is 16.5. The molecule has 1 N–H and O–H groups in total. The minimum atomic E-state index is -0.715. The smallest absolute Gasteiger partial charge is 0.305 e. The van der Waals surface area contributed by atoms with Gasteiger partial charge in [-0.3, -0.25) is 9.59 Å². The highest BCUT2D eigenvalue weighted by Gasteiger charge is 2.03. The summed E-state index contributed by atoms with van der Waals surface area (Å²) in [6, 6.07) is 0. The van der Waals surface area contributed by atoms with Crippen LogP contribution in [-0.2, 0) is 14.3 Å². The fourth-order valence-corrected chi connectivity index (χ4v) is 2.52. The number of carbonyl (C=O) groups excluding carboxylic acids is 1. The second-order valence-corrected chi connectivity index (χ2v) is 6.83. The summed E-state index contributed by atoms with van der Waals surface area (Å²) in [5, 5.41) is 8.52. The molecule has 0 saturated heterocycles. The Bertz CT molecular complexity index is 300. The first-order chi connectivity index (χ1) is 11.0. The van der Waals surface area contributed by atoms with Crippen LogP contribution in [-0.4, -0.2) is 23.7 Å². The first-order valence-electron chi connectivity index (χ1n) is 9.39. The number of rotatable bonds is 16. The average Bonchev–Trinajstić information content (AvgIpc) is 2.48. The van der Waals surface area contributed by atoms with Crippen molar-refractivity contribution in [2.45, 2.75) is 97.3 Å². The Morgan fingerprint density at radius 1 is 0.783 bits per heavy atom. The maximum atomic E-state index is 11.5. The Balaban J connectivity index is 3.20. The van der Waals surface area contributed by atoms with Crippen LogP contribution in [0.4, 0.5) is 0 Å². The van der Waals surface area contributed by atoms with Gasteiger partial charge in [0.2, 0.25) is 0 Å². The van der Waals surface area contributed by atoms with Crippen LogP contribution in [0.2, 0.25) is 0 Å². The number of hydrogen-bond donors (Lipinski definition) is 1. The first kappa shape index (κ1) is 21.9. The summed E-state index contributed by atoms with van der Waals surface area (Å²) in [6.07, 6.45) is 12.5. The van der Waals surface area contributed by atoms with Gasteiger partial charge in [0.15, 0.2) is 0 Å². The maximum absolute atomic E-state index is 11.5. The van der Waals surface area contributed by atoms with E-state index in [2.05, 4.69) is 13.8 Å². The van der Waals surface area contributed by atoms with Crippen molar-refractivity contribution in [2.24, 2.45) is 5.92 Å². The van der Waals surface area contributed by atoms with E-state index in [4.69, 9.17) is 9.84 Å². The highest BCUT2D eigenvalue weighted by Crippen LogP contribution is 2.11. The summed E-state index contributed by atoms with van der Waals surface area (Å²) in [6.45, 7) is 5.06. The third-order valence-corrected chi connectivity index (χ3v) is 3.96. The van der Waals surface area contributed by atoms with E-state index < -0.39 is 5.97 Å². The molecule has 23 heavy (non-hydrogen) atoms. The summed E-state index contributed by atoms with van der Waals surface area (Å²) >= 11 is 0. The van der Waals surface area contributed by atoms with E-state index in [-0.39, 0.29) is 12.4 Å². The lowest BCUT2D eigenvalue weighted by Gasteiger charge is -2.06. The van der Waals surface area contributed by atoms with E-state index in [0.717, 1.165) is 57.3 Å². The summed E-state index contributed by atoms with van der Waals surface area (Å²) in [7, 11) is 0. The first-order valence-corrected chi connectivity index (χ1v) is 9.39. The van der Waals surface area contributed by atoms with Gasteiger partial charge in [0, 0.05) is 12.8 Å². The van der Waals surface area contributed by atoms with Crippen LogP contribution in [0.25, 0.3) is 0 Å². The van der Waals surface area contributed by atoms with E-state index in [1.165, 1.54) is 19.3 Å². The van der Waals surface area contributed by atoms with Crippen LogP contribution in [0.15, 0.2) is 0 Å². The molecular formula is C19H36O4. The highest BCUT2D eigenvalue weighted by molar-refractivity contribution is 5.69. The van der Waals surface area contributed by atoms with E-state index in [1.54, 1.807) is 0 Å². The van der Waals surface area contributed by atoms with E-state index in [9.17, 15) is 9.59 Å². The summed E-state index contributed by atoms with van der Waals surface area (Å²) in [5.41, 5.74) is 0. The van der Waals surface area contributed by atoms with Crippen molar-refractivity contribution in [3.8, 4) is 0 Å². The third-order valence-electron chi connectivity index (χ3n) is 3.96. The van der Waals surface area contributed by atoms with Crippen LogP contribution in [0.5, 0.6) is 0 Å². The molecule has 0 heterocycles. The van der Waals surface area contributed by atoms with Crippen LogP contribution in [0, 0.1) is 5.92 Å². The lowest BCUT2D eigenvalue weighted by Crippen LogP contribution is -2.05. The molecule has 0 aliphatic rings. The molecule has 0 unspecified atom stereocenters. The number of unbranched alkanes of at least 4 members (excludes halogenated alkanes) is 8. The van der Waals surface area contributed by atoms with Crippen LogP contribution >= 0.6 is 0 Å². The van der Waals surface area contributed by atoms with Gasteiger partial charge in [-0.05, 0) is 25.2 Å². The van der Waals surface area contributed by atoms with E-state index in [1.807, 2.05) is 0 Å². The van der Waals surface area contributed by atoms with Crippen molar-refractivity contribution in [1.82, 2.24) is 0 Å². The van der Waals surface area contributed by atoms with Gasteiger partial charge in [0.1, 0.15) is 0 Å². The zero-order valence-electron chi connectivity index (χ0n) is 15.1. The number of esters is 1. The zero-order chi connectivity index (χ0) is 17.3. The number of hydrogen-bond acceptors (Lipinski definition) is 3. The Morgan fingerprint density at radius 2 is 1.30 bits per heavy atom. The van der Waals surface area contributed by atoms with Crippen molar-refractivity contribution >= 4 is 11.9 Å². The Labute approximate surface area is 142 Å². The van der Waals surface area contributed by atoms with Crippen molar-refractivity contribution in [3.05, 3.63) is 0 Å². The van der Waals surface area contributed by atoms with E-state index >= 15 is 0 Å². The Morgan fingerprint density at radius 3 is 1.91 bits per heavy atom. The van der Waals surface area contributed by atoms with Gasteiger partial charge in [0.05, 0.1) is 6.61 Å². The van der Waals surface area contributed by atoms with Gasteiger partial charge in [0.25, 0.3) is 0 Å². The molecule has 0 spiro atoms. The summed E-state index contributed by atoms with van der Waals surface area (Å²) in [5.74, 6) is -0.00396. The predicted molar refractivity (Wildman–Crippen MR) is 93.5 cm³/mol. The fourth-order valence-electron chi connectivity index (χ4n) is 2.52. The largest absolute Gasteiger partial charge is 0.481 e. The molecule has 4 heteroatoms. The quantitative estimate of drug-likeness (QED) is 0.307. The van der Waals surface area contributed by atoms with Crippen molar-refractivity contribution in [2.75, 3.05) is 6.61 Å². The number of ether oxygens (including phenoxy) is 1. The molecule has 136 valence electrons. The monoisotopic (exact) mass is 328 g/mol. The summed E-state index contributed by atoms with van der Waals surface area (Å²) < 4.78 is 5.24. The molecule has 0 rings (SSSR count). The van der Waals surface area contributed by atoms with Crippen LogP contribution in [0.3, 0.4) is 0 Å². The summed E-state index contributed by atoms with van der Waals surface area (Å²) in [4.78, 5) is 21.9. The van der Waals surface area contributed by atoms with Crippen molar-refractivity contribution in [3.63, 3.8) is 0 Å². The predicted octanol–water partition coefficient (Wildman–Crippen LogP) is 5.34. The second-order valence-electron chi connectivity index (χ2n) is 6.83. The molecule has 0 radical (unpaired) electrons. The number of aliphatic carboxylic acids is 1. The van der Waals surface area contributed by atoms with Crippen LogP contribution in [0.1, 0.15) is 97.3 Å². The van der Waals surface area contributed by atoms with Gasteiger partial charge in [-0.2, -0.15) is 0 Å². The average molecular weight is 328 g/mol. The SMILES string of the molecule is CC(C)CCCCCCOC(=O)CCCCCCCCC(=O)O. The van der Waals surface area contributed by atoms with Crippen molar-refractivity contribution < 1.29 is 19.4 Å². The fraction of sp³-hybridized carbons (Fsp3) is 0.895. The lowest BCUT2D eigenvalue weighted by molar-refractivity contribution is -0.144. The molecule has 4 nitrogen and oxygen atoms in total. The second kappa shape index (κ2) is 15.8. The molecule has 0 saturated carbocycles. The lowest BCUT2D eigenvalue weighted by atomic mass is 10.0. The van der Waals surface area contributed by atoms with Gasteiger partial charge >= 0.3 is 11.9 Å². The topological polar surface area (TPSA) is 63.6 Å². The molecule has 0 fully saturated rings. The zero-order valence-corrected chi connectivity index (χ0v) is 15.1. The third kappa shape index (κ3) is 18.9. The Hall–Kier alpha value is -1.06. The minimum Gasteiger partial charge on any atom is -0.481 e. The van der Waals surface area contributed by atoms with Crippen molar-refractivity contribution in [1.29, 1.82) is 0 Å². The number of carboxylic acids is 1. The molecule has 0 aromatic rings. The maximum Gasteiger partial charge on any atom is 0.305 e.